The molecule has 4 aromatic rings. The van der Waals surface area contributed by atoms with Gasteiger partial charge in [-0.15, -0.1) is 0 Å². The van der Waals surface area contributed by atoms with Crippen molar-refractivity contribution in [1.29, 1.82) is 0 Å². The summed E-state index contributed by atoms with van der Waals surface area (Å²) in [6, 6.07) is 12.9. The van der Waals surface area contributed by atoms with E-state index in [9.17, 15) is 9.90 Å². The summed E-state index contributed by atoms with van der Waals surface area (Å²) in [6.07, 6.45) is 3.23. The molecule has 1 N–H and O–H groups in total. The zero-order chi connectivity index (χ0) is 23.3. The van der Waals surface area contributed by atoms with Crippen LogP contribution in [0.3, 0.4) is 0 Å². The summed E-state index contributed by atoms with van der Waals surface area (Å²) in [4.78, 5) is 22.5. The molecule has 5 nitrogen and oxygen atoms in total. The van der Waals surface area contributed by atoms with Crippen molar-refractivity contribution in [1.82, 2.24) is 14.9 Å². The molecule has 0 saturated heterocycles. The number of aromatic nitrogens is 2. The maximum Gasteiger partial charge on any atom is 0.256 e. The van der Waals surface area contributed by atoms with Crippen molar-refractivity contribution in [3.63, 3.8) is 0 Å². The minimum Gasteiger partial charge on any atom is -0.386 e. The monoisotopic (exact) mass is 445 g/mol. The van der Waals surface area contributed by atoms with Gasteiger partial charge in [0.15, 0.2) is 0 Å². The topological polar surface area (TPSA) is 66.3 Å². The average Bonchev–Trinajstić information content (AvgIpc) is 3.10. The number of amides is 1. The number of hydrogen-bond donors (Lipinski definition) is 1. The average molecular weight is 445 g/mol. The molecule has 0 fully saturated rings. The van der Waals surface area contributed by atoms with Gasteiger partial charge in [0.1, 0.15) is 11.6 Å². The standard InChI is InChI=1S/C26H21F2N3O2/c1-26(2,33)20-10-16(9-15-5-3-8-30-24(15)20)17-11-21(27)19(22(28)12-17)13-31-14-23-18(25(31)32)6-4-7-29-23/h3-12,33H,13-14H2,1-2H3. The van der Waals surface area contributed by atoms with Crippen LogP contribution in [0.25, 0.3) is 22.0 Å². The van der Waals surface area contributed by atoms with E-state index in [4.69, 9.17) is 0 Å². The van der Waals surface area contributed by atoms with Crippen LogP contribution in [0.1, 0.15) is 41.0 Å². The molecule has 166 valence electrons. The van der Waals surface area contributed by atoms with Gasteiger partial charge in [0.2, 0.25) is 0 Å². The number of nitrogens with zero attached hydrogens (tertiary/aromatic N) is 3. The number of benzene rings is 2. The van der Waals surface area contributed by atoms with E-state index in [1.165, 1.54) is 17.0 Å². The highest BCUT2D eigenvalue weighted by Crippen LogP contribution is 2.34. The lowest BCUT2D eigenvalue weighted by Crippen LogP contribution is -2.24. The number of fused-ring (bicyclic) bond motifs is 2. The molecule has 0 radical (unpaired) electrons. The predicted molar refractivity (Wildman–Crippen MR) is 120 cm³/mol. The van der Waals surface area contributed by atoms with Gasteiger partial charge in [0, 0.05) is 28.9 Å². The molecule has 0 atom stereocenters. The lowest BCUT2D eigenvalue weighted by atomic mass is 9.91. The van der Waals surface area contributed by atoms with Crippen molar-refractivity contribution < 1.29 is 18.7 Å². The van der Waals surface area contributed by atoms with Crippen LogP contribution in [0, 0.1) is 11.6 Å². The quantitative estimate of drug-likeness (QED) is 0.482. The van der Waals surface area contributed by atoms with Crippen LogP contribution in [0.5, 0.6) is 0 Å². The van der Waals surface area contributed by atoms with Gasteiger partial charge in [-0.1, -0.05) is 6.07 Å². The Hall–Kier alpha value is -3.71. The maximum absolute atomic E-state index is 15.1. The highest BCUT2D eigenvalue weighted by atomic mass is 19.1. The van der Waals surface area contributed by atoms with E-state index < -0.39 is 17.2 Å². The van der Waals surface area contributed by atoms with Crippen molar-refractivity contribution >= 4 is 16.8 Å². The summed E-state index contributed by atoms with van der Waals surface area (Å²) < 4.78 is 30.2. The Morgan fingerprint density at radius 1 is 1.00 bits per heavy atom. The Labute approximate surface area is 189 Å². The van der Waals surface area contributed by atoms with Crippen LogP contribution in [0.2, 0.25) is 0 Å². The fourth-order valence-corrected chi connectivity index (χ4v) is 4.25. The predicted octanol–water partition coefficient (Wildman–Crippen LogP) is 4.96. The third kappa shape index (κ3) is 3.74. The Kier molecular flexibility index (Phi) is 4.94. The van der Waals surface area contributed by atoms with Gasteiger partial charge in [0.25, 0.3) is 5.91 Å². The van der Waals surface area contributed by atoms with E-state index in [0.717, 1.165) is 5.39 Å². The highest BCUT2D eigenvalue weighted by Gasteiger charge is 2.30. The Bertz CT molecular complexity index is 1390. The Morgan fingerprint density at radius 2 is 1.67 bits per heavy atom. The molecule has 0 bridgehead atoms. The molecular weight excluding hydrogens is 424 g/mol. The van der Waals surface area contributed by atoms with Gasteiger partial charge in [0.05, 0.1) is 35.5 Å². The van der Waals surface area contributed by atoms with Crippen LogP contribution in [-0.2, 0) is 18.7 Å². The first-order valence-corrected chi connectivity index (χ1v) is 10.6. The molecule has 0 spiro atoms. The zero-order valence-electron chi connectivity index (χ0n) is 18.1. The van der Waals surface area contributed by atoms with Crippen molar-refractivity contribution in [2.45, 2.75) is 32.5 Å². The number of rotatable bonds is 4. The minimum atomic E-state index is -1.20. The van der Waals surface area contributed by atoms with E-state index in [1.807, 2.05) is 6.07 Å². The summed E-state index contributed by atoms with van der Waals surface area (Å²) in [5.41, 5.74) is 1.78. The lowest BCUT2D eigenvalue weighted by molar-refractivity contribution is 0.0762. The van der Waals surface area contributed by atoms with Crippen molar-refractivity contribution in [3.05, 3.63) is 94.9 Å². The van der Waals surface area contributed by atoms with E-state index >= 15 is 8.78 Å². The summed E-state index contributed by atoms with van der Waals surface area (Å²) in [6.45, 7) is 3.31. The molecule has 2 aromatic carbocycles. The Morgan fingerprint density at radius 3 is 2.36 bits per heavy atom. The first-order valence-electron chi connectivity index (χ1n) is 10.6. The molecule has 0 saturated carbocycles. The first-order chi connectivity index (χ1) is 15.7. The molecule has 0 aliphatic carbocycles. The maximum atomic E-state index is 15.1. The van der Waals surface area contributed by atoms with Crippen molar-refractivity contribution in [3.8, 4) is 11.1 Å². The van der Waals surface area contributed by atoms with Gasteiger partial charge >= 0.3 is 0 Å². The van der Waals surface area contributed by atoms with Crippen LogP contribution < -0.4 is 0 Å². The third-order valence-electron chi connectivity index (χ3n) is 5.94. The first kappa shape index (κ1) is 21.2. The lowest BCUT2D eigenvalue weighted by Gasteiger charge is -2.21. The molecule has 1 aliphatic rings. The molecule has 7 heteroatoms. The Balaban J connectivity index is 1.52. The summed E-state index contributed by atoms with van der Waals surface area (Å²) in [5.74, 6) is -1.77. The van der Waals surface area contributed by atoms with Crippen molar-refractivity contribution in [2.24, 2.45) is 0 Å². The fourth-order valence-electron chi connectivity index (χ4n) is 4.25. The minimum absolute atomic E-state index is 0.176. The van der Waals surface area contributed by atoms with Gasteiger partial charge in [-0.2, -0.15) is 0 Å². The number of halogens is 2. The van der Waals surface area contributed by atoms with Gasteiger partial charge in [-0.05, 0) is 67.4 Å². The highest BCUT2D eigenvalue weighted by molar-refractivity contribution is 5.97. The van der Waals surface area contributed by atoms with Crippen LogP contribution in [0.4, 0.5) is 8.78 Å². The van der Waals surface area contributed by atoms with Gasteiger partial charge < -0.3 is 10.0 Å². The van der Waals surface area contributed by atoms with Gasteiger partial charge in [-0.3, -0.25) is 14.8 Å². The normalized spacial score (nSPS) is 13.6. The number of hydrogen-bond acceptors (Lipinski definition) is 4. The number of carbonyl (C=O) groups is 1. The van der Waals surface area contributed by atoms with Crippen molar-refractivity contribution in [2.75, 3.05) is 0 Å². The molecule has 0 unspecified atom stereocenters. The molecule has 3 heterocycles. The summed E-state index contributed by atoms with van der Waals surface area (Å²) >= 11 is 0. The molecule has 5 rings (SSSR count). The summed E-state index contributed by atoms with van der Waals surface area (Å²) in [7, 11) is 0. The smallest absolute Gasteiger partial charge is 0.256 e. The number of pyridine rings is 2. The SMILES string of the molecule is CC(C)(O)c1cc(-c2cc(F)c(CN3Cc4ncccc4C3=O)c(F)c2)cc2cccnc12. The largest absolute Gasteiger partial charge is 0.386 e. The zero-order valence-corrected chi connectivity index (χ0v) is 18.1. The fraction of sp³-hybridized carbons (Fsp3) is 0.192. The van der Waals surface area contributed by atoms with E-state index in [1.54, 1.807) is 56.6 Å². The number of aliphatic hydroxyl groups is 1. The molecule has 1 aliphatic heterocycles. The molecule has 1 amide bonds. The number of carbonyl (C=O) groups excluding carboxylic acids is 1. The molecule has 2 aromatic heterocycles. The summed E-state index contributed by atoms with van der Waals surface area (Å²) in [5, 5.41) is 11.4. The second-order valence-corrected chi connectivity index (χ2v) is 8.74. The van der Waals surface area contributed by atoms with E-state index in [-0.39, 0.29) is 24.6 Å². The van der Waals surface area contributed by atoms with E-state index in [0.29, 0.717) is 33.5 Å². The van der Waals surface area contributed by atoms with Crippen LogP contribution in [0.15, 0.2) is 60.9 Å². The van der Waals surface area contributed by atoms with Gasteiger partial charge in [-0.25, -0.2) is 8.78 Å². The van der Waals surface area contributed by atoms with Crippen LogP contribution in [-0.4, -0.2) is 25.9 Å². The van der Waals surface area contributed by atoms with E-state index in [2.05, 4.69) is 9.97 Å². The van der Waals surface area contributed by atoms with Crippen LogP contribution >= 0.6 is 0 Å². The third-order valence-corrected chi connectivity index (χ3v) is 5.94. The second kappa shape index (κ2) is 7.71. The molecular formula is C26H21F2N3O2. The molecule has 33 heavy (non-hydrogen) atoms. The second-order valence-electron chi connectivity index (χ2n) is 8.74.